The van der Waals surface area contributed by atoms with E-state index in [2.05, 4.69) is 11.0 Å². The first kappa shape index (κ1) is 12.5. The van der Waals surface area contributed by atoms with Crippen molar-refractivity contribution in [3.8, 4) is 0 Å². The number of anilines is 1. The van der Waals surface area contributed by atoms with Gasteiger partial charge in [0.25, 0.3) is 5.91 Å². The van der Waals surface area contributed by atoms with Gasteiger partial charge in [0.2, 0.25) is 0 Å². The van der Waals surface area contributed by atoms with Crippen molar-refractivity contribution in [2.24, 2.45) is 0 Å². The van der Waals surface area contributed by atoms with Crippen LogP contribution in [0, 0.1) is 0 Å². The Hall–Kier alpha value is -1.51. The van der Waals surface area contributed by atoms with E-state index in [9.17, 15) is 4.79 Å². The molecule has 2 aliphatic rings. The van der Waals surface area contributed by atoms with Crippen LogP contribution in [0.25, 0.3) is 0 Å². The van der Waals surface area contributed by atoms with Gasteiger partial charge in [-0.1, -0.05) is 12.1 Å². The Kier molecular flexibility index (Phi) is 3.45. The van der Waals surface area contributed by atoms with Crippen LogP contribution in [0.5, 0.6) is 0 Å². The molecule has 0 bridgehead atoms. The first-order valence-electron chi connectivity index (χ1n) is 7.38. The zero-order valence-corrected chi connectivity index (χ0v) is 11.6. The molecule has 3 nitrogen and oxygen atoms in total. The van der Waals surface area contributed by atoms with Crippen molar-refractivity contribution in [3.63, 3.8) is 0 Å². The molecule has 0 radical (unpaired) electrons. The van der Waals surface area contributed by atoms with Crippen LogP contribution in [0.15, 0.2) is 24.3 Å². The van der Waals surface area contributed by atoms with Gasteiger partial charge in [0.05, 0.1) is 5.56 Å². The van der Waals surface area contributed by atoms with Crippen LogP contribution >= 0.6 is 0 Å². The van der Waals surface area contributed by atoms with Gasteiger partial charge in [-0.3, -0.25) is 4.79 Å². The molecule has 0 N–H and O–H groups in total. The molecular weight excluding hydrogens is 236 g/mol. The summed E-state index contributed by atoms with van der Waals surface area (Å²) in [6.07, 6.45) is 6.11. The summed E-state index contributed by atoms with van der Waals surface area (Å²) in [6.45, 7) is 2.16. The predicted octanol–water partition coefficient (Wildman–Crippen LogP) is 2.91. The van der Waals surface area contributed by atoms with Gasteiger partial charge in [-0.15, -0.1) is 0 Å². The lowest BCUT2D eigenvalue weighted by molar-refractivity contribution is 0.0785. The molecule has 1 saturated carbocycles. The maximum absolute atomic E-state index is 12.6. The van der Waals surface area contributed by atoms with Crippen molar-refractivity contribution in [3.05, 3.63) is 29.8 Å². The predicted molar refractivity (Wildman–Crippen MR) is 77.6 cm³/mol. The molecule has 1 aromatic carbocycles. The third-order valence-corrected chi connectivity index (χ3v) is 4.25. The molecule has 19 heavy (non-hydrogen) atoms. The normalized spacial score (nSPS) is 19.3. The van der Waals surface area contributed by atoms with Crippen molar-refractivity contribution in [1.82, 2.24) is 4.90 Å². The van der Waals surface area contributed by atoms with E-state index < -0.39 is 0 Å². The van der Waals surface area contributed by atoms with Gasteiger partial charge in [0.1, 0.15) is 0 Å². The average Bonchev–Trinajstić information content (AvgIpc) is 3.31. The second-order valence-electron chi connectivity index (χ2n) is 5.71. The minimum absolute atomic E-state index is 0.184. The summed E-state index contributed by atoms with van der Waals surface area (Å²) in [4.78, 5) is 16.9. The topological polar surface area (TPSA) is 23.6 Å². The Bertz CT molecular complexity index is 462. The first-order chi connectivity index (χ1) is 9.27. The van der Waals surface area contributed by atoms with Crippen LogP contribution in [0.1, 0.15) is 42.5 Å². The number of nitrogens with zero attached hydrogens (tertiary/aromatic N) is 2. The molecule has 1 saturated heterocycles. The fourth-order valence-corrected chi connectivity index (χ4v) is 2.88. The molecule has 2 fully saturated rings. The number of benzene rings is 1. The number of carbonyl (C=O) groups is 1. The van der Waals surface area contributed by atoms with Crippen molar-refractivity contribution in [2.45, 2.75) is 38.1 Å². The lowest BCUT2D eigenvalue weighted by Gasteiger charge is -2.31. The fourth-order valence-electron chi connectivity index (χ4n) is 2.88. The highest BCUT2D eigenvalue weighted by Crippen LogP contribution is 2.30. The average molecular weight is 258 g/mol. The Morgan fingerprint density at radius 3 is 2.53 bits per heavy atom. The zero-order chi connectivity index (χ0) is 13.2. The van der Waals surface area contributed by atoms with Crippen molar-refractivity contribution < 1.29 is 4.79 Å². The second kappa shape index (κ2) is 5.24. The van der Waals surface area contributed by atoms with E-state index in [4.69, 9.17) is 0 Å². The summed E-state index contributed by atoms with van der Waals surface area (Å²) in [6, 6.07) is 8.56. The summed E-state index contributed by atoms with van der Waals surface area (Å²) in [5.74, 6) is 0.184. The first-order valence-corrected chi connectivity index (χ1v) is 7.38. The summed E-state index contributed by atoms with van der Waals surface area (Å²) in [7, 11) is 1.94. The second-order valence-corrected chi connectivity index (χ2v) is 5.71. The van der Waals surface area contributed by atoms with Crippen LogP contribution in [0.2, 0.25) is 0 Å². The summed E-state index contributed by atoms with van der Waals surface area (Å²) in [5, 5.41) is 0. The smallest absolute Gasteiger partial charge is 0.255 e. The highest BCUT2D eigenvalue weighted by molar-refractivity contribution is 6.00. The zero-order valence-electron chi connectivity index (χ0n) is 11.6. The number of carbonyl (C=O) groups excluding carboxylic acids is 1. The summed E-state index contributed by atoms with van der Waals surface area (Å²) in [5.41, 5.74) is 2.00. The van der Waals surface area contributed by atoms with Crippen LogP contribution in [0.3, 0.4) is 0 Å². The molecule has 0 spiro atoms. The highest BCUT2D eigenvalue weighted by atomic mass is 16.2. The molecule has 1 aliphatic heterocycles. The van der Waals surface area contributed by atoms with E-state index in [0.717, 1.165) is 37.2 Å². The number of amides is 1. The molecule has 1 aromatic rings. The monoisotopic (exact) mass is 258 g/mol. The van der Waals surface area contributed by atoms with Crippen LogP contribution in [0.4, 0.5) is 5.69 Å². The van der Waals surface area contributed by atoms with E-state index in [1.807, 2.05) is 30.1 Å². The maximum Gasteiger partial charge on any atom is 0.255 e. The Labute approximate surface area is 115 Å². The summed E-state index contributed by atoms with van der Waals surface area (Å²) < 4.78 is 0. The number of piperidine rings is 1. The summed E-state index contributed by atoms with van der Waals surface area (Å²) >= 11 is 0. The van der Waals surface area contributed by atoms with Gasteiger partial charge in [-0.25, -0.2) is 0 Å². The van der Waals surface area contributed by atoms with E-state index in [1.54, 1.807) is 0 Å². The van der Waals surface area contributed by atoms with Gasteiger partial charge < -0.3 is 9.80 Å². The lowest BCUT2D eigenvalue weighted by Crippen LogP contribution is -2.34. The third-order valence-electron chi connectivity index (χ3n) is 4.25. The molecule has 1 amide bonds. The van der Waals surface area contributed by atoms with Gasteiger partial charge in [-0.2, -0.15) is 0 Å². The number of hydrogen-bond donors (Lipinski definition) is 0. The molecule has 1 aliphatic carbocycles. The molecule has 3 heteroatoms. The Morgan fingerprint density at radius 2 is 1.84 bits per heavy atom. The number of hydrogen-bond acceptors (Lipinski definition) is 2. The molecule has 1 heterocycles. The highest BCUT2D eigenvalue weighted by Gasteiger charge is 2.31. The van der Waals surface area contributed by atoms with Crippen LogP contribution in [-0.4, -0.2) is 37.0 Å². The number of rotatable bonds is 3. The van der Waals surface area contributed by atoms with E-state index in [1.165, 1.54) is 19.3 Å². The van der Waals surface area contributed by atoms with Crippen molar-refractivity contribution >= 4 is 11.6 Å². The van der Waals surface area contributed by atoms with E-state index in [-0.39, 0.29) is 5.91 Å². The minimum atomic E-state index is 0.184. The molecule has 0 aromatic heterocycles. The van der Waals surface area contributed by atoms with Gasteiger partial charge in [0.15, 0.2) is 0 Å². The third kappa shape index (κ3) is 2.60. The Balaban J connectivity index is 1.85. The van der Waals surface area contributed by atoms with Crippen LogP contribution in [-0.2, 0) is 0 Å². The van der Waals surface area contributed by atoms with E-state index in [0.29, 0.717) is 6.04 Å². The standard InChI is InChI=1S/C16H22N2O/c1-17(13-9-10-13)16(19)14-7-3-4-8-15(14)18-11-5-2-6-12-18/h3-4,7-8,13H,2,5-6,9-12H2,1H3. The molecule has 3 rings (SSSR count). The molecule has 102 valence electrons. The lowest BCUT2D eigenvalue weighted by atomic mass is 10.1. The van der Waals surface area contributed by atoms with Crippen LogP contribution < -0.4 is 4.90 Å². The van der Waals surface area contributed by atoms with E-state index >= 15 is 0 Å². The SMILES string of the molecule is CN(C(=O)c1ccccc1N1CCCCC1)C1CC1. The molecule has 0 unspecified atom stereocenters. The molecular formula is C16H22N2O. The Morgan fingerprint density at radius 1 is 1.16 bits per heavy atom. The maximum atomic E-state index is 12.6. The fraction of sp³-hybridized carbons (Fsp3) is 0.562. The van der Waals surface area contributed by atoms with Gasteiger partial charge in [-0.05, 0) is 44.2 Å². The molecule has 0 atom stereocenters. The van der Waals surface area contributed by atoms with Crippen molar-refractivity contribution in [2.75, 3.05) is 25.0 Å². The van der Waals surface area contributed by atoms with Gasteiger partial charge >= 0.3 is 0 Å². The quantitative estimate of drug-likeness (QED) is 0.832. The van der Waals surface area contributed by atoms with Gasteiger partial charge in [0, 0.05) is 31.9 Å². The minimum Gasteiger partial charge on any atom is -0.371 e. The van der Waals surface area contributed by atoms with Crippen molar-refractivity contribution in [1.29, 1.82) is 0 Å². The number of para-hydroxylation sites is 1. The largest absolute Gasteiger partial charge is 0.371 e.